The second-order valence-electron chi connectivity index (χ2n) is 3.77. The Morgan fingerprint density at radius 1 is 1.41 bits per heavy atom. The fourth-order valence-corrected chi connectivity index (χ4v) is 1.76. The number of carboxylic acid groups (broad SMARTS) is 1. The van der Waals surface area contributed by atoms with Crippen LogP contribution >= 0.6 is 0 Å². The van der Waals surface area contributed by atoms with E-state index in [1.807, 2.05) is 30.3 Å². The highest BCUT2D eigenvalue weighted by Gasteiger charge is 2.17. The van der Waals surface area contributed by atoms with Gasteiger partial charge in [0.25, 0.3) is 0 Å². The molecule has 1 aromatic heterocycles. The van der Waals surface area contributed by atoms with Gasteiger partial charge in [0.05, 0.1) is 18.8 Å². The van der Waals surface area contributed by atoms with Crippen molar-refractivity contribution in [2.75, 3.05) is 5.73 Å². The zero-order chi connectivity index (χ0) is 12.3. The Labute approximate surface area is 98.5 Å². The van der Waals surface area contributed by atoms with Crippen LogP contribution in [-0.4, -0.2) is 20.6 Å². The van der Waals surface area contributed by atoms with Gasteiger partial charge in [-0.1, -0.05) is 30.3 Å². The summed E-state index contributed by atoms with van der Waals surface area (Å²) in [6, 6.07) is 9.16. The van der Waals surface area contributed by atoms with Crippen LogP contribution < -0.4 is 5.73 Å². The Hall–Kier alpha value is -2.30. The molecule has 5 heteroatoms. The maximum Gasteiger partial charge on any atom is 0.305 e. The first-order valence-corrected chi connectivity index (χ1v) is 5.22. The molecule has 17 heavy (non-hydrogen) atoms. The zero-order valence-electron chi connectivity index (χ0n) is 9.15. The van der Waals surface area contributed by atoms with E-state index in [4.69, 9.17) is 10.8 Å². The molecule has 88 valence electrons. The quantitative estimate of drug-likeness (QED) is 0.836. The van der Waals surface area contributed by atoms with Gasteiger partial charge in [-0.15, -0.1) is 0 Å². The van der Waals surface area contributed by atoms with Gasteiger partial charge in [0.2, 0.25) is 0 Å². The van der Waals surface area contributed by atoms with Crippen molar-refractivity contribution in [2.24, 2.45) is 0 Å². The van der Waals surface area contributed by atoms with E-state index in [2.05, 4.69) is 4.98 Å². The molecule has 2 aromatic rings. The van der Waals surface area contributed by atoms with Gasteiger partial charge in [0.1, 0.15) is 5.82 Å². The van der Waals surface area contributed by atoms with Crippen molar-refractivity contribution >= 4 is 11.8 Å². The first-order chi connectivity index (χ1) is 8.16. The van der Waals surface area contributed by atoms with Crippen molar-refractivity contribution in [1.82, 2.24) is 9.55 Å². The van der Waals surface area contributed by atoms with Crippen molar-refractivity contribution < 1.29 is 9.90 Å². The first-order valence-electron chi connectivity index (χ1n) is 5.22. The molecule has 0 fully saturated rings. The summed E-state index contributed by atoms with van der Waals surface area (Å²) in [5, 5.41) is 8.95. The van der Waals surface area contributed by atoms with Crippen LogP contribution in [0.1, 0.15) is 18.0 Å². The van der Waals surface area contributed by atoms with Gasteiger partial charge in [-0.3, -0.25) is 4.79 Å². The number of nitrogens with two attached hydrogens (primary N) is 1. The van der Waals surface area contributed by atoms with E-state index in [1.54, 1.807) is 17.1 Å². The number of anilines is 1. The summed E-state index contributed by atoms with van der Waals surface area (Å²) in [5.41, 5.74) is 6.47. The zero-order valence-corrected chi connectivity index (χ0v) is 9.15. The third-order valence-corrected chi connectivity index (χ3v) is 2.53. The standard InChI is InChI=1S/C12H13N3O2/c13-11-7-15(8-14-11)10(6-12(16)17)9-4-2-1-3-5-9/h1-5,7-8,10H,6,13H2,(H,16,17). The van der Waals surface area contributed by atoms with E-state index in [0.717, 1.165) is 5.56 Å². The minimum atomic E-state index is -0.855. The lowest BCUT2D eigenvalue weighted by Crippen LogP contribution is -2.13. The number of benzene rings is 1. The van der Waals surface area contributed by atoms with Gasteiger partial charge >= 0.3 is 5.97 Å². The molecule has 1 unspecified atom stereocenters. The normalized spacial score (nSPS) is 12.2. The van der Waals surface area contributed by atoms with Crippen LogP contribution in [0.25, 0.3) is 0 Å². The molecule has 1 aromatic carbocycles. The number of hydrogen-bond donors (Lipinski definition) is 2. The molecule has 5 nitrogen and oxygen atoms in total. The molecule has 0 aliphatic carbocycles. The predicted octanol–water partition coefficient (Wildman–Crippen LogP) is 1.53. The van der Waals surface area contributed by atoms with Crippen molar-refractivity contribution in [3.8, 4) is 0 Å². The second kappa shape index (κ2) is 4.69. The highest BCUT2D eigenvalue weighted by atomic mass is 16.4. The summed E-state index contributed by atoms with van der Waals surface area (Å²) in [6.07, 6.45) is 3.19. The van der Waals surface area contributed by atoms with E-state index in [0.29, 0.717) is 5.82 Å². The number of nitrogen functional groups attached to an aromatic ring is 1. The summed E-state index contributed by atoms with van der Waals surface area (Å²) < 4.78 is 1.72. The minimum absolute atomic E-state index is 0.000185. The molecule has 0 aliphatic rings. The molecule has 3 N–H and O–H groups in total. The van der Waals surface area contributed by atoms with Crippen LogP contribution in [0.3, 0.4) is 0 Å². The van der Waals surface area contributed by atoms with E-state index in [1.165, 1.54) is 0 Å². The summed E-state index contributed by atoms with van der Waals surface area (Å²) in [7, 11) is 0. The fourth-order valence-electron chi connectivity index (χ4n) is 1.76. The van der Waals surface area contributed by atoms with Gasteiger partial charge < -0.3 is 15.4 Å². The number of aliphatic carboxylic acids is 1. The van der Waals surface area contributed by atoms with Gasteiger partial charge in [-0.2, -0.15) is 0 Å². The highest BCUT2D eigenvalue weighted by molar-refractivity contribution is 5.68. The topological polar surface area (TPSA) is 81.1 Å². The highest BCUT2D eigenvalue weighted by Crippen LogP contribution is 2.22. The van der Waals surface area contributed by atoms with E-state index < -0.39 is 5.97 Å². The SMILES string of the molecule is Nc1cn(C(CC(=O)O)c2ccccc2)cn1. The minimum Gasteiger partial charge on any atom is -0.481 e. The molecule has 0 saturated heterocycles. The Balaban J connectivity index is 2.35. The van der Waals surface area contributed by atoms with Gasteiger partial charge in [-0.05, 0) is 5.56 Å². The molecular formula is C12H13N3O2. The largest absolute Gasteiger partial charge is 0.481 e. The van der Waals surface area contributed by atoms with Gasteiger partial charge in [-0.25, -0.2) is 4.98 Å². The van der Waals surface area contributed by atoms with Gasteiger partial charge in [0.15, 0.2) is 0 Å². The van der Waals surface area contributed by atoms with Crippen LogP contribution in [0.4, 0.5) is 5.82 Å². The number of aromatic nitrogens is 2. The number of imidazole rings is 1. The molecule has 0 saturated carbocycles. The maximum atomic E-state index is 10.9. The average Bonchev–Trinajstić information content (AvgIpc) is 2.73. The third kappa shape index (κ3) is 2.63. The van der Waals surface area contributed by atoms with Crippen LogP contribution in [0, 0.1) is 0 Å². The lowest BCUT2D eigenvalue weighted by atomic mass is 10.0. The Morgan fingerprint density at radius 3 is 2.65 bits per heavy atom. The molecular weight excluding hydrogens is 218 g/mol. The number of rotatable bonds is 4. The molecule has 1 heterocycles. The lowest BCUT2D eigenvalue weighted by Gasteiger charge is -2.16. The first kappa shape index (κ1) is 11.2. The fraction of sp³-hybridized carbons (Fsp3) is 0.167. The van der Waals surface area contributed by atoms with Crippen LogP contribution in [0.2, 0.25) is 0 Å². The van der Waals surface area contributed by atoms with Crippen LogP contribution in [0.5, 0.6) is 0 Å². The van der Waals surface area contributed by atoms with Gasteiger partial charge in [0, 0.05) is 6.20 Å². The maximum absolute atomic E-state index is 10.9. The number of nitrogens with zero attached hydrogens (tertiary/aromatic N) is 2. The molecule has 0 spiro atoms. The van der Waals surface area contributed by atoms with E-state index in [9.17, 15) is 4.79 Å². The van der Waals surface area contributed by atoms with E-state index in [-0.39, 0.29) is 12.5 Å². The summed E-state index contributed by atoms with van der Waals surface area (Å²) in [4.78, 5) is 14.8. The van der Waals surface area contributed by atoms with Crippen molar-refractivity contribution in [1.29, 1.82) is 0 Å². The second-order valence-corrected chi connectivity index (χ2v) is 3.77. The smallest absolute Gasteiger partial charge is 0.305 e. The van der Waals surface area contributed by atoms with Crippen LogP contribution in [0.15, 0.2) is 42.9 Å². The molecule has 2 rings (SSSR count). The van der Waals surface area contributed by atoms with E-state index >= 15 is 0 Å². The van der Waals surface area contributed by atoms with Crippen LogP contribution in [-0.2, 0) is 4.79 Å². The summed E-state index contributed by atoms with van der Waals surface area (Å²) in [5.74, 6) is -0.470. The molecule has 1 atom stereocenters. The van der Waals surface area contributed by atoms with Crippen molar-refractivity contribution in [3.63, 3.8) is 0 Å². The monoisotopic (exact) mass is 231 g/mol. The molecule has 0 aliphatic heterocycles. The number of carboxylic acids is 1. The molecule has 0 bridgehead atoms. The number of carbonyl (C=O) groups is 1. The number of hydrogen-bond acceptors (Lipinski definition) is 3. The average molecular weight is 231 g/mol. The summed E-state index contributed by atoms with van der Waals surface area (Å²) in [6.45, 7) is 0. The summed E-state index contributed by atoms with van der Waals surface area (Å²) >= 11 is 0. The lowest BCUT2D eigenvalue weighted by molar-refractivity contribution is -0.137. The Kier molecular flexibility index (Phi) is 3.09. The predicted molar refractivity (Wildman–Crippen MR) is 63.5 cm³/mol. The Bertz CT molecular complexity index is 507. The molecule has 0 amide bonds. The Morgan fingerprint density at radius 2 is 2.12 bits per heavy atom. The van der Waals surface area contributed by atoms with Crippen molar-refractivity contribution in [3.05, 3.63) is 48.4 Å². The van der Waals surface area contributed by atoms with Crippen molar-refractivity contribution in [2.45, 2.75) is 12.5 Å². The molecule has 0 radical (unpaired) electrons. The third-order valence-electron chi connectivity index (χ3n) is 2.53.